The van der Waals surface area contributed by atoms with Crippen LogP contribution >= 0.6 is 15.2 Å². The summed E-state index contributed by atoms with van der Waals surface area (Å²) in [6.45, 7) is 1.38. The Bertz CT molecular complexity index is 455. The van der Waals surface area contributed by atoms with Gasteiger partial charge in [-0.1, -0.05) is 0 Å². The molecule has 1 aliphatic rings. The molecule has 0 saturated heterocycles. The highest BCUT2D eigenvalue weighted by Crippen LogP contribution is 2.70. The topological polar surface area (TPSA) is 196 Å². The smallest absolute Gasteiger partial charge is 0.369 e. The van der Waals surface area contributed by atoms with E-state index in [1.807, 2.05) is 0 Å². The number of amides is 1. The van der Waals surface area contributed by atoms with Gasteiger partial charge in [-0.15, -0.1) is 0 Å². The summed E-state index contributed by atoms with van der Waals surface area (Å²) in [4.78, 5) is 47.3. The molecule has 0 heterocycles. The lowest BCUT2D eigenvalue weighted by Crippen LogP contribution is -2.38. The summed E-state index contributed by atoms with van der Waals surface area (Å²) in [5.41, 5.74) is 0. The Hall–Kier alpha value is -0.310. The van der Waals surface area contributed by atoms with Crippen molar-refractivity contribution < 1.29 is 44.1 Å². The molecule has 0 unspecified atom stereocenters. The van der Waals surface area contributed by atoms with Gasteiger partial charge in [-0.2, -0.15) is 0 Å². The van der Waals surface area contributed by atoms with Gasteiger partial charge >= 0.3 is 15.2 Å². The van der Waals surface area contributed by atoms with Gasteiger partial charge in [0.1, 0.15) is 0 Å². The van der Waals surface area contributed by atoms with Crippen molar-refractivity contribution in [2.75, 3.05) is 0 Å². The van der Waals surface area contributed by atoms with Crippen molar-refractivity contribution in [1.29, 1.82) is 0 Å². The lowest BCUT2D eigenvalue weighted by atomic mass is 9.84. The molecule has 0 radical (unpaired) electrons. The second kappa shape index (κ2) is 7.51. The van der Waals surface area contributed by atoms with Gasteiger partial charge in [0.15, 0.2) is 0 Å². The molecule has 1 rings (SSSR count). The quantitative estimate of drug-likeness (QED) is 0.343. The van der Waals surface area contributed by atoms with Crippen LogP contribution in [0.15, 0.2) is 0 Å². The van der Waals surface area contributed by atoms with E-state index in [9.17, 15) is 19.0 Å². The molecule has 0 aromatic heterocycles. The zero-order chi connectivity index (χ0) is 16.5. The third kappa shape index (κ3) is 5.11. The van der Waals surface area contributed by atoms with Crippen LogP contribution in [-0.2, 0) is 13.9 Å². The first kappa shape index (κ1) is 21.7. The van der Waals surface area contributed by atoms with E-state index in [-0.39, 0.29) is 17.4 Å². The second-order valence-corrected chi connectivity index (χ2v) is 9.49. The molecule has 1 fully saturated rings. The minimum atomic E-state index is -5.39. The van der Waals surface area contributed by atoms with E-state index in [1.54, 1.807) is 0 Å². The fourth-order valence-electron chi connectivity index (χ4n) is 2.59. The largest absolute Gasteiger partial charge is 0.412 e. The lowest BCUT2D eigenvalue weighted by Gasteiger charge is -2.35. The molecule has 0 aromatic rings. The van der Waals surface area contributed by atoms with Gasteiger partial charge in [0, 0.05) is 19.4 Å². The summed E-state index contributed by atoms with van der Waals surface area (Å²) < 4.78 is 22.6. The molecule has 8 N–H and O–H groups in total. The Balaban J connectivity index is 0.00000441. The summed E-state index contributed by atoms with van der Waals surface area (Å²) in [5.74, 6) is -0.611. The number of aliphatic hydroxyl groups is 1. The van der Waals surface area contributed by atoms with Crippen LogP contribution in [0.4, 0.5) is 0 Å². The molecule has 132 valence electrons. The molecule has 0 aliphatic heterocycles. The molecule has 1 amide bonds. The Labute approximate surface area is 127 Å². The fraction of sp³-hybridized carbons (Fsp3) is 0.900. The highest BCUT2D eigenvalue weighted by atomic mass is 31.2. The maximum atomic E-state index is 11.3. The summed E-state index contributed by atoms with van der Waals surface area (Å²) in [6, 6.07) is -0.0584. The predicted octanol–water partition coefficient (Wildman–Crippen LogP) is -0.752. The highest BCUT2D eigenvalue weighted by Gasteiger charge is 2.59. The summed E-state index contributed by atoms with van der Waals surface area (Å²) in [5, 5.41) is 9.23. The monoisotopic (exact) mass is 363 g/mol. The first-order valence-electron chi connectivity index (χ1n) is 6.47. The van der Waals surface area contributed by atoms with Gasteiger partial charge in [-0.3, -0.25) is 13.9 Å². The Morgan fingerprint density at radius 2 is 1.50 bits per heavy atom. The average molecular weight is 363 g/mol. The Morgan fingerprint density at radius 1 is 1.09 bits per heavy atom. The van der Waals surface area contributed by atoms with Crippen LogP contribution in [0.5, 0.6) is 0 Å². The van der Waals surface area contributed by atoms with Crippen molar-refractivity contribution in [3.05, 3.63) is 0 Å². The van der Waals surface area contributed by atoms with E-state index in [0.717, 1.165) is 0 Å². The highest BCUT2D eigenvalue weighted by molar-refractivity contribution is 7.72. The van der Waals surface area contributed by atoms with Crippen molar-refractivity contribution in [3.63, 3.8) is 0 Å². The zero-order valence-electron chi connectivity index (χ0n) is 12.0. The molecule has 22 heavy (non-hydrogen) atoms. The predicted molar refractivity (Wildman–Crippen MR) is 76.8 cm³/mol. The molecule has 0 aromatic carbocycles. The molecule has 1 aliphatic carbocycles. The summed E-state index contributed by atoms with van der Waals surface area (Å²) in [6.07, 6.45) is 1.21. The number of carbonyl (C=O) groups is 1. The lowest BCUT2D eigenvalue weighted by molar-refractivity contribution is -0.119. The zero-order valence-corrected chi connectivity index (χ0v) is 13.8. The van der Waals surface area contributed by atoms with E-state index in [1.165, 1.54) is 6.92 Å². The number of nitrogens with one attached hydrogen (secondary N) is 1. The van der Waals surface area contributed by atoms with Crippen LogP contribution in [0.3, 0.4) is 0 Å². The number of hydrogen-bond donors (Lipinski definition) is 6. The summed E-state index contributed by atoms with van der Waals surface area (Å²) >= 11 is 0. The molecular formula is C10H23NO9P2. The maximum absolute atomic E-state index is 11.3. The van der Waals surface area contributed by atoms with Gasteiger partial charge in [-0.05, 0) is 31.6 Å². The second-order valence-electron chi connectivity index (χ2n) is 5.48. The van der Waals surface area contributed by atoms with Gasteiger partial charge in [0.05, 0.1) is 0 Å². The van der Waals surface area contributed by atoms with E-state index in [2.05, 4.69) is 5.32 Å². The molecule has 0 spiro atoms. The molecule has 0 atom stereocenters. The molecule has 0 bridgehead atoms. The minimum Gasteiger partial charge on any atom is -0.412 e. The maximum Gasteiger partial charge on any atom is 0.369 e. The average Bonchev–Trinajstić information content (AvgIpc) is 2.28. The van der Waals surface area contributed by atoms with Crippen LogP contribution < -0.4 is 5.32 Å². The van der Waals surface area contributed by atoms with E-state index in [4.69, 9.17) is 19.6 Å². The fourth-order valence-corrected chi connectivity index (χ4v) is 4.94. The first-order chi connectivity index (χ1) is 9.37. The van der Waals surface area contributed by atoms with E-state index in [0.29, 0.717) is 25.7 Å². The van der Waals surface area contributed by atoms with Gasteiger partial charge in [0.25, 0.3) is 5.08 Å². The van der Waals surface area contributed by atoms with E-state index < -0.39 is 32.6 Å². The van der Waals surface area contributed by atoms with Gasteiger partial charge in [0.2, 0.25) is 5.91 Å². The minimum absolute atomic E-state index is 0. The molecule has 10 nitrogen and oxygen atoms in total. The van der Waals surface area contributed by atoms with Crippen molar-refractivity contribution >= 4 is 21.1 Å². The van der Waals surface area contributed by atoms with E-state index >= 15 is 0 Å². The normalized spacial score (nSPS) is 23.5. The van der Waals surface area contributed by atoms with Crippen molar-refractivity contribution in [2.45, 2.75) is 50.2 Å². The van der Waals surface area contributed by atoms with Gasteiger partial charge in [-0.25, -0.2) is 0 Å². The third-order valence-corrected chi connectivity index (χ3v) is 7.54. The molecule has 1 saturated carbocycles. The molecular weight excluding hydrogens is 340 g/mol. The van der Waals surface area contributed by atoms with Crippen LogP contribution in [0, 0.1) is 5.92 Å². The van der Waals surface area contributed by atoms with Crippen LogP contribution in [0.1, 0.15) is 39.0 Å². The first-order valence-corrected chi connectivity index (χ1v) is 9.70. The Kier molecular flexibility index (Phi) is 7.40. The van der Waals surface area contributed by atoms with Crippen LogP contribution in [0.2, 0.25) is 0 Å². The van der Waals surface area contributed by atoms with Crippen LogP contribution in [0.25, 0.3) is 0 Å². The van der Waals surface area contributed by atoms with Gasteiger partial charge < -0.3 is 35.5 Å². The SMILES string of the molecule is CC(=O)NC1CCC(CC(O)(P(=O)(O)O)P(=O)(O)O)CC1.O. The number of rotatable bonds is 5. The van der Waals surface area contributed by atoms with Crippen LogP contribution in [-0.4, -0.2) is 47.2 Å². The third-order valence-electron chi connectivity index (χ3n) is 3.75. The van der Waals surface area contributed by atoms with Crippen molar-refractivity contribution in [3.8, 4) is 0 Å². The standard InChI is InChI=1S/C10H21NO8P2.H2O/c1-7(12)11-9-4-2-8(3-5-9)6-10(13,20(14,15)16)21(17,18)19;/h8-9,13H,2-6H2,1H3,(H,11,12)(H2,14,15,16)(H2,17,18,19);1H2. The molecule has 12 heteroatoms. The van der Waals surface area contributed by atoms with Crippen molar-refractivity contribution in [1.82, 2.24) is 5.32 Å². The van der Waals surface area contributed by atoms with Crippen molar-refractivity contribution in [2.24, 2.45) is 5.92 Å². The number of hydrogen-bond acceptors (Lipinski definition) is 4. The number of carbonyl (C=O) groups excluding carboxylic acids is 1. The summed E-state index contributed by atoms with van der Waals surface area (Å²) in [7, 11) is -10.8. The Morgan fingerprint density at radius 3 is 1.82 bits per heavy atom.